The number of amides is 1. The molecular formula is C15H20N4O2. The molecule has 6 heteroatoms. The summed E-state index contributed by atoms with van der Waals surface area (Å²) in [5.74, 6) is 0.973. The molecule has 1 aliphatic heterocycles. The second kappa shape index (κ2) is 6.13. The Morgan fingerprint density at radius 2 is 2.05 bits per heavy atom. The van der Waals surface area contributed by atoms with Crippen LogP contribution in [0, 0.1) is 0 Å². The Kier molecular flexibility index (Phi) is 4.06. The van der Waals surface area contributed by atoms with Gasteiger partial charge in [0.2, 0.25) is 0 Å². The second-order valence-electron chi connectivity index (χ2n) is 5.16. The molecule has 1 saturated heterocycles. The van der Waals surface area contributed by atoms with Crippen LogP contribution in [0.1, 0.15) is 12.7 Å². The van der Waals surface area contributed by atoms with Crippen LogP contribution in [0.4, 0.5) is 4.79 Å². The van der Waals surface area contributed by atoms with Crippen LogP contribution in [0.5, 0.6) is 0 Å². The molecule has 1 fully saturated rings. The van der Waals surface area contributed by atoms with Crippen molar-refractivity contribution in [1.29, 1.82) is 0 Å². The highest BCUT2D eigenvalue weighted by Crippen LogP contribution is 2.13. The standard InChI is InChI=1S/C15H20N4O2/c1-2-21-15(20)19-9-7-18(8-10-19)11-14-16-12-5-3-4-6-13(12)17-14/h3-6H,2,7-11H2,1H3,(H,16,17). The van der Waals surface area contributed by atoms with Gasteiger partial charge in [0.1, 0.15) is 5.82 Å². The van der Waals surface area contributed by atoms with Gasteiger partial charge < -0.3 is 14.6 Å². The zero-order chi connectivity index (χ0) is 14.7. The number of hydrogen-bond donors (Lipinski definition) is 1. The lowest BCUT2D eigenvalue weighted by molar-refractivity contribution is 0.0773. The molecule has 0 spiro atoms. The summed E-state index contributed by atoms with van der Waals surface area (Å²) in [4.78, 5) is 23.6. The van der Waals surface area contributed by atoms with Gasteiger partial charge in [-0.3, -0.25) is 4.90 Å². The fourth-order valence-electron chi connectivity index (χ4n) is 2.60. The fourth-order valence-corrected chi connectivity index (χ4v) is 2.60. The third kappa shape index (κ3) is 3.16. The number of rotatable bonds is 3. The van der Waals surface area contributed by atoms with Gasteiger partial charge in [-0.1, -0.05) is 12.1 Å². The van der Waals surface area contributed by atoms with Crippen LogP contribution in [-0.4, -0.2) is 58.6 Å². The summed E-state index contributed by atoms with van der Waals surface area (Å²) < 4.78 is 5.02. The molecular weight excluding hydrogens is 268 g/mol. The van der Waals surface area contributed by atoms with Crippen LogP contribution in [0.15, 0.2) is 24.3 Å². The first kappa shape index (κ1) is 13.9. The Morgan fingerprint density at radius 1 is 1.29 bits per heavy atom. The van der Waals surface area contributed by atoms with Gasteiger partial charge in [0, 0.05) is 26.2 Å². The maximum absolute atomic E-state index is 11.6. The second-order valence-corrected chi connectivity index (χ2v) is 5.16. The molecule has 21 heavy (non-hydrogen) atoms. The first-order chi connectivity index (χ1) is 10.3. The molecule has 3 rings (SSSR count). The van der Waals surface area contributed by atoms with Crippen molar-refractivity contribution in [3.05, 3.63) is 30.1 Å². The summed E-state index contributed by atoms with van der Waals surface area (Å²) >= 11 is 0. The lowest BCUT2D eigenvalue weighted by Crippen LogP contribution is -2.48. The lowest BCUT2D eigenvalue weighted by Gasteiger charge is -2.33. The van der Waals surface area contributed by atoms with Crippen molar-refractivity contribution in [2.45, 2.75) is 13.5 Å². The third-order valence-electron chi connectivity index (χ3n) is 3.71. The molecule has 112 valence electrons. The largest absolute Gasteiger partial charge is 0.450 e. The monoisotopic (exact) mass is 288 g/mol. The predicted octanol–water partition coefficient (Wildman–Crippen LogP) is 1.84. The molecule has 0 radical (unpaired) electrons. The number of nitrogens with zero attached hydrogens (tertiary/aromatic N) is 3. The number of carbonyl (C=O) groups is 1. The van der Waals surface area contributed by atoms with Gasteiger partial charge in [-0.15, -0.1) is 0 Å². The van der Waals surface area contributed by atoms with Crippen molar-refractivity contribution < 1.29 is 9.53 Å². The quantitative estimate of drug-likeness (QED) is 0.936. The highest BCUT2D eigenvalue weighted by atomic mass is 16.6. The molecule has 1 amide bonds. The van der Waals surface area contributed by atoms with Crippen molar-refractivity contribution in [3.63, 3.8) is 0 Å². The fraction of sp³-hybridized carbons (Fsp3) is 0.467. The number of carbonyl (C=O) groups excluding carboxylic acids is 1. The molecule has 0 bridgehead atoms. The topological polar surface area (TPSA) is 61.5 Å². The molecule has 0 aliphatic carbocycles. The number of piperazine rings is 1. The van der Waals surface area contributed by atoms with Gasteiger partial charge in [-0.05, 0) is 19.1 Å². The molecule has 1 aromatic carbocycles. The normalized spacial score (nSPS) is 16.3. The summed E-state index contributed by atoms with van der Waals surface area (Å²) in [7, 11) is 0. The van der Waals surface area contributed by atoms with E-state index in [9.17, 15) is 4.79 Å². The third-order valence-corrected chi connectivity index (χ3v) is 3.71. The molecule has 2 heterocycles. The van der Waals surface area contributed by atoms with E-state index >= 15 is 0 Å². The number of hydrogen-bond acceptors (Lipinski definition) is 4. The first-order valence-electron chi connectivity index (χ1n) is 7.34. The first-order valence-corrected chi connectivity index (χ1v) is 7.34. The SMILES string of the molecule is CCOC(=O)N1CCN(Cc2nc3ccccc3[nH]2)CC1. The highest BCUT2D eigenvalue weighted by Gasteiger charge is 2.22. The summed E-state index contributed by atoms with van der Waals surface area (Å²) in [6.07, 6.45) is -0.208. The van der Waals surface area contributed by atoms with Crippen molar-refractivity contribution in [2.75, 3.05) is 32.8 Å². The summed E-state index contributed by atoms with van der Waals surface area (Å²) in [6.45, 7) is 6.14. The number of nitrogens with one attached hydrogen (secondary N) is 1. The zero-order valence-electron chi connectivity index (χ0n) is 12.2. The van der Waals surface area contributed by atoms with Gasteiger partial charge in [-0.25, -0.2) is 9.78 Å². The lowest BCUT2D eigenvalue weighted by atomic mass is 10.3. The summed E-state index contributed by atoms with van der Waals surface area (Å²) in [6, 6.07) is 8.03. The minimum atomic E-state index is -0.208. The van der Waals surface area contributed by atoms with Crippen molar-refractivity contribution >= 4 is 17.1 Å². The van der Waals surface area contributed by atoms with Gasteiger partial charge in [0.25, 0.3) is 0 Å². The maximum atomic E-state index is 11.6. The average Bonchev–Trinajstić information content (AvgIpc) is 2.90. The van der Waals surface area contributed by atoms with E-state index in [1.54, 1.807) is 4.90 Å². The van der Waals surface area contributed by atoms with Crippen molar-refractivity contribution in [2.24, 2.45) is 0 Å². The van der Waals surface area contributed by atoms with E-state index in [1.807, 2.05) is 31.2 Å². The molecule has 1 aromatic heterocycles. The average molecular weight is 288 g/mol. The van der Waals surface area contributed by atoms with Gasteiger partial charge in [0.05, 0.1) is 24.2 Å². The number of benzene rings is 1. The van der Waals surface area contributed by atoms with Crippen LogP contribution in [0.25, 0.3) is 11.0 Å². The van der Waals surface area contributed by atoms with Crippen LogP contribution < -0.4 is 0 Å². The molecule has 0 saturated carbocycles. The zero-order valence-corrected chi connectivity index (χ0v) is 12.2. The highest BCUT2D eigenvalue weighted by molar-refractivity contribution is 5.74. The van der Waals surface area contributed by atoms with Crippen molar-refractivity contribution in [3.8, 4) is 0 Å². The van der Waals surface area contributed by atoms with E-state index in [0.717, 1.165) is 36.5 Å². The van der Waals surface area contributed by atoms with Crippen LogP contribution in [0.3, 0.4) is 0 Å². The van der Waals surface area contributed by atoms with E-state index in [0.29, 0.717) is 19.7 Å². The van der Waals surface area contributed by atoms with Crippen molar-refractivity contribution in [1.82, 2.24) is 19.8 Å². The minimum Gasteiger partial charge on any atom is -0.450 e. The molecule has 0 unspecified atom stereocenters. The number of imidazole rings is 1. The minimum absolute atomic E-state index is 0.208. The Labute approximate surface area is 123 Å². The number of H-pyrrole nitrogens is 1. The van der Waals surface area contributed by atoms with E-state index in [-0.39, 0.29) is 6.09 Å². The summed E-state index contributed by atoms with van der Waals surface area (Å²) in [5, 5.41) is 0. The summed E-state index contributed by atoms with van der Waals surface area (Å²) in [5.41, 5.74) is 2.07. The smallest absolute Gasteiger partial charge is 0.409 e. The molecule has 1 aliphatic rings. The van der Waals surface area contributed by atoms with Gasteiger partial charge in [0.15, 0.2) is 0 Å². The Balaban J connectivity index is 1.56. The predicted molar refractivity (Wildman–Crippen MR) is 80.0 cm³/mol. The Hall–Kier alpha value is -2.08. The number of ether oxygens (including phenoxy) is 1. The number of fused-ring (bicyclic) bond motifs is 1. The molecule has 1 N–H and O–H groups in total. The number of para-hydroxylation sites is 2. The van der Waals surface area contributed by atoms with E-state index in [1.165, 1.54) is 0 Å². The van der Waals surface area contributed by atoms with Crippen LogP contribution in [0.2, 0.25) is 0 Å². The molecule has 2 aromatic rings. The Morgan fingerprint density at radius 3 is 2.76 bits per heavy atom. The number of aromatic amines is 1. The Bertz CT molecular complexity index is 584. The number of aromatic nitrogens is 2. The van der Waals surface area contributed by atoms with E-state index < -0.39 is 0 Å². The van der Waals surface area contributed by atoms with E-state index in [2.05, 4.69) is 14.9 Å². The van der Waals surface area contributed by atoms with Crippen LogP contribution >= 0.6 is 0 Å². The maximum Gasteiger partial charge on any atom is 0.409 e. The van der Waals surface area contributed by atoms with Crippen LogP contribution in [-0.2, 0) is 11.3 Å². The molecule has 6 nitrogen and oxygen atoms in total. The van der Waals surface area contributed by atoms with Gasteiger partial charge >= 0.3 is 6.09 Å². The van der Waals surface area contributed by atoms with E-state index in [4.69, 9.17) is 4.74 Å². The van der Waals surface area contributed by atoms with Gasteiger partial charge in [-0.2, -0.15) is 0 Å². The molecule has 0 atom stereocenters.